The number of hydrogen-bond acceptors (Lipinski definition) is 22. The van der Waals surface area contributed by atoms with E-state index in [1.165, 1.54) is 16.9 Å². The van der Waals surface area contributed by atoms with Crippen LogP contribution >= 0.6 is 22.4 Å². The Morgan fingerprint density at radius 3 is 2.11 bits per heavy atom. The van der Waals surface area contributed by atoms with Crippen LogP contribution in [0.25, 0.3) is 11.2 Å². The van der Waals surface area contributed by atoms with E-state index in [4.69, 9.17) is 34.7 Å². The number of nitrogen functional groups attached to an aromatic ring is 2. The molecule has 3 aromatic rings. The van der Waals surface area contributed by atoms with Gasteiger partial charge >= 0.3 is 22.4 Å². The van der Waals surface area contributed by atoms with Gasteiger partial charge < -0.3 is 65.5 Å². The van der Waals surface area contributed by atoms with Gasteiger partial charge in [-0.25, -0.2) is 22.7 Å². The number of nitrogens with one attached hydrogen (secondary N) is 2. The maximum Gasteiger partial charge on any atom is 0.479 e. The number of aromatic nitrogens is 6. The third kappa shape index (κ3) is 8.05. The fraction of sp³-hybridized carbons (Fsp3) is 0.591. The molecule has 6 heterocycles. The van der Waals surface area contributed by atoms with Gasteiger partial charge in [-0.05, 0) is 11.8 Å². The Morgan fingerprint density at radius 2 is 1.49 bits per heavy atom. The summed E-state index contributed by atoms with van der Waals surface area (Å²) in [6.45, 7) is -6.98. The van der Waals surface area contributed by atoms with Crippen molar-refractivity contribution < 1.29 is 71.0 Å². The highest BCUT2D eigenvalue weighted by Gasteiger charge is 2.51. The Bertz CT molecular complexity index is 2140. The summed E-state index contributed by atoms with van der Waals surface area (Å²) in [6, 6.07) is 0. The first-order chi connectivity index (χ1) is 24.7. The van der Waals surface area contributed by atoms with E-state index in [-0.39, 0.29) is 41.2 Å². The Balaban J connectivity index is 1.04. The fourth-order valence-electron chi connectivity index (χ4n) is 5.83. The third-order valence-electron chi connectivity index (χ3n) is 8.08. The van der Waals surface area contributed by atoms with Crippen LogP contribution in [0.2, 0.25) is 0 Å². The molecule has 0 bridgehead atoms. The molecule has 0 saturated carbocycles. The van der Waals surface area contributed by atoms with E-state index in [0.29, 0.717) is 0 Å². The predicted molar refractivity (Wildman–Crippen MR) is 179 cm³/mol. The van der Waals surface area contributed by atoms with Crippen molar-refractivity contribution in [2.75, 3.05) is 55.3 Å². The molecule has 2 fully saturated rings. The molecule has 31 heteroatoms. The van der Waals surface area contributed by atoms with Crippen molar-refractivity contribution in [3.8, 4) is 0 Å². The van der Waals surface area contributed by atoms with Crippen LogP contribution < -0.4 is 32.4 Å². The van der Waals surface area contributed by atoms with Crippen molar-refractivity contribution in [3.05, 3.63) is 27.0 Å². The van der Waals surface area contributed by atoms with Crippen LogP contribution in [0.3, 0.4) is 0 Å². The van der Waals surface area contributed by atoms with Gasteiger partial charge in [0.25, 0.3) is 11.1 Å². The number of aliphatic hydroxyl groups excluding tert-OH is 3. The zero-order valence-electron chi connectivity index (χ0n) is 27.1. The minimum atomic E-state index is -5.47. The van der Waals surface area contributed by atoms with Gasteiger partial charge in [0.05, 0.1) is 26.2 Å². The molecule has 27 nitrogen and oxygen atoms in total. The summed E-state index contributed by atoms with van der Waals surface area (Å²) in [7, 11) is -8.07. The highest BCUT2D eigenvalue weighted by Crippen LogP contribution is 2.68. The number of phosphoric ester groups is 2. The van der Waals surface area contributed by atoms with Gasteiger partial charge in [0.15, 0.2) is 29.4 Å². The Labute approximate surface area is 300 Å². The standard InChI is InChI=1S/C22H33N10O17P3S/c1-30-6-32(16-10(30)18(37)29-22(24)27-16)20-14(43-2)12(34)8(47-20)4-45-51(40,41)49-52(42,53)48-50(38,39)44-3-7-11(33)13(35)19(46-7)31-5-25-9-15(31)26-21(23)28-17(9)36/h5,7-8,11-14,19-20,33-35H,3-4,6H2,1-2H3,(H,38,39)(H,40,41)(H,42,53)(H3,23,26,28,36)(H3,24,27,29,37). The van der Waals surface area contributed by atoms with Gasteiger partial charge in [0.1, 0.15) is 42.3 Å². The molecule has 0 aliphatic carbocycles. The summed E-state index contributed by atoms with van der Waals surface area (Å²) >= 11 is 4.60. The summed E-state index contributed by atoms with van der Waals surface area (Å²) in [5.41, 5.74) is 9.89. The topological polar surface area (TPSA) is 388 Å². The smallest absolute Gasteiger partial charge is 0.387 e. The van der Waals surface area contributed by atoms with Crippen molar-refractivity contribution in [2.24, 2.45) is 0 Å². The molecule has 294 valence electrons. The van der Waals surface area contributed by atoms with E-state index >= 15 is 0 Å². The average molecular weight is 835 g/mol. The van der Waals surface area contributed by atoms with Crippen molar-refractivity contribution in [2.45, 2.75) is 49.1 Å². The highest BCUT2D eigenvalue weighted by molar-refractivity contribution is 8.09. The second kappa shape index (κ2) is 14.6. The van der Waals surface area contributed by atoms with E-state index in [9.17, 15) is 48.7 Å². The summed E-state index contributed by atoms with van der Waals surface area (Å²) < 4.78 is 61.7. The number of aromatic amines is 2. The SMILES string of the molecule is COC1C(O)C(COP(=O)(O)OP(O)(=S)OP(=O)(O)OCC2OC(n3cnc4c(=O)[nH]c(N)nc43)C(O)C2O)OC1N1CN(C)c2c1nc(N)[nH]c2=O. The number of rotatable bonds is 13. The van der Waals surface area contributed by atoms with Crippen LogP contribution in [0.5, 0.6) is 0 Å². The second-order valence-corrected chi connectivity index (χ2v) is 17.7. The van der Waals surface area contributed by atoms with Crippen LogP contribution in [0.4, 0.5) is 23.4 Å². The number of hydrogen-bond donors (Lipinski definition) is 10. The van der Waals surface area contributed by atoms with E-state index < -0.39 is 95.8 Å². The van der Waals surface area contributed by atoms with Crippen LogP contribution in [0.15, 0.2) is 15.9 Å². The van der Waals surface area contributed by atoms with Crippen LogP contribution in [0.1, 0.15) is 6.23 Å². The lowest BCUT2D eigenvalue weighted by Crippen LogP contribution is -2.46. The molecule has 2 saturated heterocycles. The number of imidazole rings is 1. The summed E-state index contributed by atoms with van der Waals surface area (Å²) in [6.07, 6.45) is -10.5. The molecule has 6 rings (SSSR count). The molecule has 11 atom stereocenters. The van der Waals surface area contributed by atoms with Gasteiger partial charge in [-0.1, -0.05) is 0 Å². The van der Waals surface area contributed by atoms with Crippen molar-refractivity contribution in [1.29, 1.82) is 0 Å². The lowest BCUT2D eigenvalue weighted by Gasteiger charge is -2.29. The predicted octanol–water partition coefficient (Wildman–Crippen LogP) is -3.51. The molecule has 12 N–H and O–H groups in total. The lowest BCUT2D eigenvalue weighted by atomic mass is 10.1. The molecule has 53 heavy (non-hydrogen) atoms. The molecule has 11 unspecified atom stereocenters. The summed E-state index contributed by atoms with van der Waals surface area (Å²) in [4.78, 5) is 74.9. The number of ether oxygens (including phenoxy) is 3. The van der Waals surface area contributed by atoms with Gasteiger partial charge in [-0.2, -0.15) is 9.97 Å². The number of nitrogens with two attached hydrogens (primary N) is 2. The fourth-order valence-corrected chi connectivity index (χ4v) is 10.9. The van der Waals surface area contributed by atoms with Crippen LogP contribution in [0, 0.1) is 0 Å². The van der Waals surface area contributed by atoms with Gasteiger partial charge in [0.2, 0.25) is 11.9 Å². The molecular weight excluding hydrogens is 801 g/mol. The first kappa shape index (κ1) is 39.7. The first-order valence-corrected chi connectivity index (χ1v) is 20.5. The number of phosphoric acid groups is 2. The number of methoxy groups -OCH3 is 1. The normalized spacial score (nSPS) is 30.7. The maximum atomic E-state index is 12.7. The maximum absolute atomic E-state index is 12.7. The Kier molecular flexibility index (Phi) is 10.9. The van der Waals surface area contributed by atoms with Gasteiger partial charge in [0, 0.05) is 14.2 Å². The summed E-state index contributed by atoms with van der Waals surface area (Å²) in [5.74, 6) is -0.369. The third-order valence-corrected chi connectivity index (χ3v) is 13.5. The second-order valence-electron chi connectivity index (χ2n) is 11.7. The van der Waals surface area contributed by atoms with Crippen molar-refractivity contribution in [1.82, 2.24) is 29.5 Å². The Morgan fingerprint density at radius 1 is 0.925 bits per heavy atom. The van der Waals surface area contributed by atoms with Crippen molar-refractivity contribution >= 4 is 68.7 Å². The molecule has 0 aromatic carbocycles. The van der Waals surface area contributed by atoms with Gasteiger partial charge in [-0.15, -0.1) is 0 Å². The number of aliphatic hydroxyl groups is 3. The zero-order chi connectivity index (χ0) is 38.8. The number of H-pyrrole nitrogens is 2. The molecular formula is C22H33N10O17P3S. The molecule has 0 radical (unpaired) electrons. The number of nitrogens with zero attached hydrogens (tertiary/aromatic N) is 6. The molecule has 3 aliphatic heterocycles. The summed E-state index contributed by atoms with van der Waals surface area (Å²) in [5, 5.41) is 31.9. The largest absolute Gasteiger partial charge is 0.479 e. The minimum Gasteiger partial charge on any atom is -0.387 e. The van der Waals surface area contributed by atoms with E-state index in [2.05, 4.69) is 45.3 Å². The molecule has 0 amide bonds. The first-order valence-electron chi connectivity index (χ1n) is 14.9. The quantitative estimate of drug-likeness (QED) is 0.0746. The molecule has 0 spiro atoms. The minimum absolute atomic E-state index is 0.0411. The van der Waals surface area contributed by atoms with E-state index in [0.717, 1.165) is 10.9 Å². The number of anilines is 4. The average Bonchev–Trinajstić information content (AvgIpc) is 3.77. The monoisotopic (exact) mass is 834 g/mol. The Hall–Kier alpha value is -2.98. The van der Waals surface area contributed by atoms with E-state index in [1.807, 2.05) is 0 Å². The molecule has 3 aliphatic rings. The number of fused-ring (bicyclic) bond motifs is 2. The lowest BCUT2D eigenvalue weighted by molar-refractivity contribution is -0.0502. The van der Waals surface area contributed by atoms with Crippen LogP contribution in [-0.2, 0) is 52.8 Å². The van der Waals surface area contributed by atoms with E-state index in [1.54, 1.807) is 7.05 Å². The van der Waals surface area contributed by atoms with Crippen molar-refractivity contribution in [3.63, 3.8) is 0 Å². The highest BCUT2D eigenvalue weighted by atomic mass is 32.5. The van der Waals surface area contributed by atoms with Crippen LogP contribution in [-0.4, -0.2) is 136 Å². The van der Waals surface area contributed by atoms with Gasteiger partial charge in [-0.3, -0.25) is 33.2 Å². The zero-order valence-corrected chi connectivity index (χ0v) is 30.6. The molecule has 3 aromatic heterocycles.